The molecule has 8 saturated carbocycles. The van der Waals surface area contributed by atoms with E-state index in [1.807, 2.05) is 0 Å². The number of benzene rings is 4. The van der Waals surface area contributed by atoms with E-state index in [1.54, 1.807) is 49.7 Å². The number of fused-ring (bicyclic) bond motifs is 2. The van der Waals surface area contributed by atoms with Crippen LogP contribution < -0.4 is 0 Å². The molecule has 0 atom stereocenters. The number of rotatable bonds is 6. The van der Waals surface area contributed by atoms with E-state index < -0.39 is 20.8 Å². The monoisotopic (exact) mass is 924 g/mol. The Kier molecular flexibility index (Phi) is 13.3. The van der Waals surface area contributed by atoms with Gasteiger partial charge in [-0.3, -0.25) is 0 Å². The summed E-state index contributed by atoms with van der Waals surface area (Å²) >= 11 is -0.826. The Labute approximate surface area is 382 Å². The zero-order valence-electron chi connectivity index (χ0n) is 36.5. The Morgan fingerprint density at radius 3 is 1.12 bits per heavy atom. The molecule has 0 spiro atoms. The molecular formula is C56H64Cl2SiZr. The number of halogens is 2. The Bertz CT molecular complexity index is 2120. The van der Waals surface area contributed by atoms with E-state index in [2.05, 4.69) is 136 Å². The number of aryl methyl sites for hydroxylation is 2. The minimum atomic E-state index is -0.826. The molecule has 0 heterocycles. The van der Waals surface area contributed by atoms with Crippen LogP contribution in [-0.4, -0.2) is 9.52 Å². The van der Waals surface area contributed by atoms with E-state index in [9.17, 15) is 0 Å². The van der Waals surface area contributed by atoms with Crippen LogP contribution >= 0.6 is 17.0 Å². The Morgan fingerprint density at radius 1 is 0.517 bits per heavy atom. The van der Waals surface area contributed by atoms with E-state index >= 15 is 0 Å². The maximum absolute atomic E-state index is 4.93. The molecule has 310 valence electrons. The van der Waals surface area contributed by atoms with E-state index in [4.69, 9.17) is 17.0 Å². The first-order chi connectivity index (χ1) is 29.1. The Balaban J connectivity index is 0.000000137. The van der Waals surface area contributed by atoms with Gasteiger partial charge in [-0.15, -0.1) is 69.1 Å². The van der Waals surface area contributed by atoms with Gasteiger partial charge in [-0.2, -0.15) is 12.1 Å². The van der Waals surface area contributed by atoms with Gasteiger partial charge in [-0.05, 0) is 161 Å². The zero-order valence-corrected chi connectivity index (χ0v) is 41.5. The van der Waals surface area contributed by atoms with Crippen LogP contribution in [0.25, 0.3) is 43.8 Å². The predicted octanol–water partition coefficient (Wildman–Crippen LogP) is 16.7. The topological polar surface area (TPSA) is 0 Å². The van der Waals surface area contributed by atoms with Crippen LogP contribution in [0, 0.1) is 60.2 Å². The summed E-state index contributed by atoms with van der Waals surface area (Å²) in [7, 11) is 11.0. The molecular weight excluding hydrogens is 863 g/mol. The van der Waals surface area contributed by atoms with Crippen LogP contribution in [0.15, 0.2) is 109 Å². The van der Waals surface area contributed by atoms with Crippen molar-refractivity contribution in [3.05, 3.63) is 131 Å². The fourth-order valence-corrected chi connectivity index (χ4v) is 14.6. The van der Waals surface area contributed by atoms with Gasteiger partial charge in [0, 0.05) is 9.52 Å². The summed E-state index contributed by atoms with van der Waals surface area (Å²) in [5, 5.41) is 5.74. The van der Waals surface area contributed by atoms with Gasteiger partial charge >= 0.3 is 37.9 Å². The predicted molar refractivity (Wildman–Crippen MR) is 257 cm³/mol. The van der Waals surface area contributed by atoms with Crippen molar-refractivity contribution < 1.29 is 20.8 Å². The minimum absolute atomic E-state index is 0.628. The van der Waals surface area contributed by atoms with E-state index in [0.29, 0.717) is 10.8 Å². The van der Waals surface area contributed by atoms with Crippen molar-refractivity contribution in [2.45, 2.75) is 117 Å². The summed E-state index contributed by atoms with van der Waals surface area (Å²) in [5.41, 5.74) is 12.6. The zero-order chi connectivity index (χ0) is 41.4. The van der Waals surface area contributed by atoms with Crippen LogP contribution in [0.5, 0.6) is 0 Å². The normalized spacial score (nSPS) is 29.0. The van der Waals surface area contributed by atoms with Crippen molar-refractivity contribution >= 4 is 48.1 Å². The van der Waals surface area contributed by atoms with Crippen LogP contribution in [0.1, 0.15) is 99.3 Å². The summed E-state index contributed by atoms with van der Waals surface area (Å²) in [6, 6.07) is 41.7. The first-order valence-corrected chi connectivity index (χ1v) is 31.5. The summed E-state index contributed by atoms with van der Waals surface area (Å²) in [6.45, 7) is 8.63. The van der Waals surface area contributed by atoms with E-state index in [0.717, 1.165) is 45.0 Å². The molecule has 14 rings (SSSR count). The Morgan fingerprint density at radius 2 is 0.817 bits per heavy atom. The fourth-order valence-electron chi connectivity index (χ4n) is 14.6. The molecule has 8 bridgehead atoms. The molecule has 0 unspecified atom stereocenters. The van der Waals surface area contributed by atoms with E-state index in [-0.39, 0.29) is 0 Å². The summed E-state index contributed by atoms with van der Waals surface area (Å²) < 4.78 is 0. The van der Waals surface area contributed by atoms with Gasteiger partial charge < -0.3 is 0 Å². The molecule has 2 radical (unpaired) electrons. The molecule has 60 heavy (non-hydrogen) atoms. The molecule has 6 aromatic carbocycles. The summed E-state index contributed by atoms with van der Waals surface area (Å²) in [4.78, 5) is 0. The van der Waals surface area contributed by atoms with Gasteiger partial charge in [-0.25, -0.2) is 0 Å². The van der Waals surface area contributed by atoms with Crippen LogP contribution in [-0.2, 0) is 33.7 Å². The maximum atomic E-state index is 4.93. The van der Waals surface area contributed by atoms with Gasteiger partial charge in [0.25, 0.3) is 0 Å². The molecule has 0 nitrogen and oxygen atoms in total. The standard InChI is InChI=1S/2C27H29.C2H6Si.2ClH.Zr/c2*1-18-5-7-23(8-6-18)25-4-2-3-24-12-22(13-26(24)25)17-27-14-19-9-20(15-27)11-21(10-19)16-27;1-3-2;;;/h2*2-8,12-13,19-21H,9-11,14-17H2,1H3;1-2H3;2*1H;/q2*-1;;;;+4/p-2. The van der Waals surface area contributed by atoms with Gasteiger partial charge in [0.1, 0.15) is 0 Å². The molecule has 0 N–H and O–H groups in total. The second kappa shape index (κ2) is 18.5. The summed E-state index contributed by atoms with van der Waals surface area (Å²) in [5.74, 6) is 6.27. The molecule has 0 aliphatic heterocycles. The van der Waals surface area contributed by atoms with Crippen molar-refractivity contribution in [1.82, 2.24) is 0 Å². The van der Waals surface area contributed by atoms with Gasteiger partial charge in [-0.1, -0.05) is 96.0 Å². The van der Waals surface area contributed by atoms with Crippen molar-refractivity contribution in [3.8, 4) is 22.3 Å². The first kappa shape index (κ1) is 43.1. The first-order valence-electron chi connectivity index (χ1n) is 23.2. The second-order valence-corrected chi connectivity index (χ2v) is 25.6. The van der Waals surface area contributed by atoms with Crippen LogP contribution in [0.2, 0.25) is 13.1 Å². The van der Waals surface area contributed by atoms with E-state index in [1.165, 1.54) is 106 Å². The molecule has 0 saturated heterocycles. The third-order valence-electron chi connectivity index (χ3n) is 15.8. The third kappa shape index (κ3) is 9.35. The molecule has 0 aromatic heterocycles. The molecule has 6 aromatic rings. The average molecular weight is 927 g/mol. The summed E-state index contributed by atoms with van der Waals surface area (Å²) in [6.07, 6.45) is 20.9. The molecule has 4 heteroatoms. The van der Waals surface area contributed by atoms with Gasteiger partial charge in [0.05, 0.1) is 0 Å². The molecule has 8 fully saturated rings. The van der Waals surface area contributed by atoms with Crippen LogP contribution in [0.4, 0.5) is 0 Å². The molecule has 0 amide bonds. The van der Waals surface area contributed by atoms with Crippen molar-refractivity contribution in [2.24, 2.45) is 46.3 Å². The Hall–Kier alpha value is -2.22. The number of hydrogen-bond acceptors (Lipinski definition) is 0. The molecule has 8 aliphatic rings. The van der Waals surface area contributed by atoms with Crippen molar-refractivity contribution in [2.75, 3.05) is 0 Å². The number of hydrogen-bond donors (Lipinski definition) is 0. The van der Waals surface area contributed by atoms with Gasteiger partial charge in [0.2, 0.25) is 0 Å². The SMILES string of the molecule is C[Si]C.Cc1ccc(-c2cccc3[cH-]c(CC45CC6CC(CC(C6)C4)C5)cc23)cc1.Cc1ccc(-c2cccc3[cH-]c(CC45CC6CC(CC(C6)C4)C5)cc23)cc1.[Cl][Zr+2][Cl]. The third-order valence-corrected chi connectivity index (χ3v) is 15.8. The average Bonchev–Trinajstić information content (AvgIpc) is 3.81. The van der Waals surface area contributed by atoms with Gasteiger partial charge in [0.15, 0.2) is 0 Å². The van der Waals surface area contributed by atoms with Crippen molar-refractivity contribution in [3.63, 3.8) is 0 Å². The fraction of sp³-hybridized carbons (Fsp3) is 0.464. The molecule has 8 aliphatic carbocycles. The quantitative estimate of drug-likeness (QED) is 0.115. The van der Waals surface area contributed by atoms with Crippen molar-refractivity contribution in [1.29, 1.82) is 0 Å². The second-order valence-electron chi connectivity index (χ2n) is 20.8. The van der Waals surface area contributed by atoms with Crippen LogP contribution in [0.3, 0.4) is 0 Å².